The van der Waals surface area contributed by atoms with Crippen LogP contribution >= 0.6 is 22.6 Å². The molecule has 0 aliphatic carbocycles. The van der Waals surface area contributed by atoms with Gasteiger partial charge in [-0.2, -0.15) is 5.26 Å². The van der Waals surface area contributed by atoms with E-state index in [4.69, 9.17) is 11.0 Å². The number of hydrogen-bond donors (Lipinski definition) is 1. The van der Waals surface area contributed by atoms with Gasteiger partial charge in [0.25, 0.3) is 0 Å². The highest BCUT2D eigenvalue weighted by molar-refractivity contribution is 14.1. The van der Waals surface area contributed by atoms with Crippen LogP contribution in [-0.2, 0) is 0 Å². The van der Waals surface area contributed by atoms with E-state index in [-0.39, 0.29) is 12.2 Å². The highest BCUT2D eigenvalue weighted by Crippen LogP contribution is 2.19. The molecular weight excluding hydrogens is 282 g/mol. The molecule has 0 aliphatic heterocycles. The zero-order valence-electron chi connectivity index (χ0n) is 6.80. The highest BCUT2D eigenvalue weighted by Gasteiger charge is 2.10. The summed E-state index contributed by atoms with van der Waals surface area (Å²) in [6.07, 6.45) is 0.136. The van der Waals surface area contributed by atoms with Gasteiger partial charge in [0.15, 0.2) is 0 Å². The maximum absolute atomic E-state index is 13.2. The summed E-state index contributed by atoms with van der Waals surface area (Å²) in [6, 6.07) is 6.09. The van der Waals surface area contributed by atoms with Crippen molar-refractivity contribution in [2.45, 2.75) is 12.5 Å². The minimum Gasteiger partial charge on any atom is -0.323 e. The Labute approximate surface area is 89.7 Å². The van der Waals surface area contributed by atoms with Crippen LogP contribution < -0.4 is 5.73 Å². The van der Waals surface area contributed by atoms with Gasteiger partial charge in [0, 0.05) is 15.2 Å². The van der Waals surface area contributed by atoms with Crippen molar-refractivity contribution >= 4 is 22.6 Å². The Morgan fingerprint density at radius 3 is 2.92 bits per heavy atom. The zero-order valence-corrected chi connectivity index (χ0v) is 8.95. The Morgan fingerprint density at radius 1 is 1.62 bits per heavy atom. The van der Waals surface area contributed by atoms with Crippen LogP contribution in [0.25, 0.3) is 0 Å². The summed E-state index contributed by atoms with van der Waals surface area (Å²) < 4.78 is 14.1. The van der Waals surface area contributed by atoms with Crippen molar-refractivity contribution in [3.05, 3.63) is 33.1 Å². The Hall–Kier alpha value is -0.670. The number of nitrogens with zero attached hydrogens (tertiary/aromatic N) is 1. The van der Waals surface area contributed by atoms with E-state index in [9.17, 15) is 4.39 Å². The number of hydrogen-bond acceptors (Lipinski definition) is 2. The van der Waals surface area contributed by atoms with E-state index in [0.29, 0.717) is 5.56 Å². The van der Waals surface area contributed by atoms with Crippen LogP contribution in [0.1, 0.15) is 18.0 Å². The van der Waals surface area contributed by atoms with E-state index in [1.165, 1.54) is 6.07 Å². The lowest BCUT2D eigenvalue weighted by Gasteiger charge is -2.09. The van der Waals surface area contributed by atoms with Gasteiger partial charge in [0.05, 0.1) is 12.5 Å². The Balaban J connectivity index is 3.00. The van der Waals surface area contributed by atoms with Gasteiger partial charge in [0.2, 0.25) is 0 Å². The highest BCUT2D eigenvalue weighted by atomic mass is 127. The number of halogens is 2. The summed E-state index contributed by atoms with van der Waals surface area (Å²) in [5, 5.41) is 8.40. The Morgan fingerprint density at radius 2 is 2.31 bits per heavy atom. The number of nitriles is 1. The second-order valence-corrected chi connectivity index (χ2v) is 3.88. The van der Waals surface area contributed by atoms with Crippen LogP contribution in [0, 0.1) is 20.7 Å². The summed E-state index contributed by atoms with van der Waals surface area (Å²) in [4.78, 5) is 0. The lowest BCUT2D eigenvalue weighted by atomic mass is 10.1. The van der Waals surface area contributed by atoms with Gasteiger partial charge in [-0.25, -0.2) is 4.39 Å². The molecule has 0 spiro atoms. The van der Waals surface area contributed by atoms with E-state index in [1.54, 1.807) is 12.1 Å². The standard InChI is InChI=1S/C9H8FIN2/c10-8-2-1-6(11)5-7(8)9(13)3-4-12/h1-2,5,9H,3,13H2/t9-/m0/s1. The lowest BCUT2D eigenvalue weighted by Crippen LogP contribution is -2.11. The molecule has 1 aromatic carbocycles. The summed E-state index contributed by atoms with van der Waals surface area (Å²) in [5.41, 5.74) is 6.02. The van der Waals surface area contributed by atoms with Crippen molar-refractivity contribution in [1.82, 2.24) is 0 Å². The molecule has 0 amide bonds. The number of benzene rings is 1. The molecule has 0 heterocycles. The molecule has 0 unspecified atom stereocenters. The van der Waals surface area contributed by atoms with E-state index < -0.39 is 6.04 Å². The van der Waals surface area contributed by atoms with Gasteiger partial charge < -0.3 is 5.73 Å². The van der Waals surface area contributed by atoms with E-state index >= 15 is 0 Å². The fourth-order valence-electron chi connectivity index (χ4n) is 1.01. The van der Waals surface area contributed by atoms with Gasteiger partial charge in [-0.15, -0.1) is 0 Å². The third kappa shape index (κ3) is 2.64. The van der Waals surface area contributed by atoms with E-state index in [1.807, 2.05) is 6.07 Å². The van der Waals surface area contributed by atoms with Gasteiger partial charge in [-0.3, -0.25) is 0 Å². The molecule has 1 aromatic rings. The van der Waals surface area contributed by atoms with Crippen molar-refractivity contribution in [2.75, 3.05) is 0 Å². The third-order valence-corrected chi connectivity index (χ3v) is 2.34. The SMILES string of the molecule is N#CC[C@H](N)c1cc(I)ccc1F. The first kappa shape index (κ1) is 10.4. The fourth-order valence-corrected chi connectivity index (χ4v) is 1.52. The zero-order chi connectivity index (χ0) is 9.84. The van der Waals surface area contributed by atoms with Crippen molar-refractivity contribution in [2.24, 2.45) is 5.73 Å². The van der Waals surface area contributed by atoms with E-state index in [0.717, 1.165) is 3.57 Å². The van der Waals surface area contributed by atoms with Crippen molar-refractivity contribution < 1.29 is 4.39 Å². The summed E-state index contributed by atoms with van der Waals surface area (Å²) in [5.74, 6) is -0.344. The molecule has 4 heteroatoms. The molecule has 0 bridgehead atoms. The van der Waals surface area contributed by atoms with Crippen LogP contribution in [0.3, 0.4) is 0 Å². The molecule has 0 saturated heterocycles. The van der Waals surface area contributed by atoms with Crippen LogP contribution in [0.15, 0.2) is 18.2 Å². The first-order valence-electron chi connectivity index (χ1n) is 3.72. The van der Waals surface area contributed by atoms with Crippen LogP contribution in [0.4, 0.5) is 4.39 Å². The second-order valence-electron chi connectivity index (χ2n) is 2.63. The first-order valence-corrected chi connectivity index (χ1v) is 4.80. The van der Waals surface area contributed by atoms with Crippen LogP contribution in [-0.4, -0.2) is 0 Å². The Bertz CT molecular complexity index is 346. The van der Waals surface area contributed by atoms with Crippen molar-refractivity contribution in [3.63, 3.8) is 0 Å². The first-order chi connectivity index (χ1) is 6.15. The number of rotatable bonds is 2. The predicted molar refractivity (Wildman–Crippen MR) is 56.3 cm³/mol. The largest absolute Gasteiger partial charge is 0.323 e. The molecule has 0 aliphatic rings. The molecule has 0 aromatic heterocycles. The molecule has 0 fully saturated rings. The average Bonchev–Trinajstić information content (AvgIpc) is 2.09. The molecule has 68 valence electrons. The maximum atomic E-state index is 13.2. The fraction of sp³-hybridized carbons (Fsp3) is 0.222. The van der Waals surface area contributed by atoms with Gasteiger partial charge in [-0.05, 0) is 40.8 Å². The van der Waals surface area contributed by atoms with Gasteiger partial charge >= 0.3 is 0 Å². The molecule has 1 rings (SSSR count). The maximum Gasteiger partial charge on any atom is 0.128 e. The Kier molecular flexibility index (Phi) is 3.63. The smallest absolute Gasteiger partial charge is 0.128 e. The molecule has 1 atom stereocenters. The summed E-state index contributed by atoms with van der Waals surface area (Å²) in [7, 11) is 0. The predicted octanol–water partition coefficient (Wildman–Crippen LogP) is 2.34. The third-order valence-electron chi connectivity index (χ3n) is 1.67. The van der Waals surface area contributed by atoms with Gasteiger partial charge in [-0.1, -0.05) is 0 Å². The van der Waals surface area contributed by atoms with Crippen molar-refractivity contribution in [3.8, 4) is 6.07 Å². The normalized spacial score (nSPS) is 12.2. The van der Waals surface area contributed by atoms with Gasteiger partial charge in [0.1, 0.15) is 5.82 Å². The van der Waals surface area contributed by atoms with Crippen LogP contribution in [0.2, 0.25) is 0 Å². The molecular formula is C9H8FIN2. The molecule has 2 nitrogen and oxygen atoms in total. The van der Waals surface area contributed by atoms with Crippen LogP contribution in [0.5, 0.6) is 0 Å². The minimum atomic E-state index is -0.528. The average molecular weight is 290 g/mol. The minimum absolute atomic E-state index is 0.136. The lowest BCUT2D eigenvalue weighted by molar-refractivity contribution is 0.584. The quantitative estimate of drug-likeness (QED) is 0.850. The second kappa shape index (κ2) is 4.53. The molecule has 13 heavy (non-hydrogen) atoms. The summed E-state index contributed by atoms with van der Waals surface area (Å²) >= 11 is 2.08. The number of nitrogens with two attached hydrogens (primary N) is 1. The molecule has 2 N–H and O–H groups in total. The molecule has 0 radical (unpaired) electrons. The summed E-state index contributed by atoms with van der Waals surface area (Å²) in [6.45, 7) is 0. The van der Waals surface area contributed by atoms with Crippen molar-refractivity contribution in [1.29, 1.82) is 5.26 Å². The van der Waals surface area contributed by atoms with E-state index in [2.05, 4.69) is 22.6 Å². The topological polar surface area (TPSA) is 49.8 Å². The molecule has 0 saturated carbocycles. The monoisotopic (exact) mass is 290 g/mol.